The van der Waals surface area contributed by atoms with Crippen LogP contribution < -0.4 is 10.1 Å². The van der Waals surface area contributed by atoms with Crippen molar-refractivity contribution in [2.24, 2.45) is 5.92 Å². The Balaban J connectivity index is 2.04. The van der Waals surface area contributed by atoms with Gasteiger partial charge in [0.2, 0.25) is 0 Å². The van der Waals surface area contributed by atoms with Crippen LogP contribution in [-0.2, 0) is 0 Å². The first-order valence-electron chi connectivity index (χ1n) is 7.51. The molecule has 1 aliphatic rings. The molecule has 0 amide bonds. The van der Waals surface area contributed by atoms with Crippen molar-refractivity contribution < 1.29 is 9.53 Å². The van der Waals surface area contributed by atoms with Crippen molar-refractivity contribution in [3.05, 3.63) is 28.8 Å². The van der Waals surface area contributed by atoms with Crippen molar-refractivity contribution in [3.8, 4) is 5.75 Å². The third kappa shape index (κ3) is 3.60. The van der Waals surface area contributed by atoms with Crippen LogP contribution in [0.5, 0.6) is 5.75 Å². The molecule has 20 heavy (non-hydrogen) atoms. The van der Waals surface area contributed by atoms with E-state index in [9.17, 15) is 4.79 Å². The van der Waals surface area contributed by atoms with Gasteiger partial charge in [-0.25, -0.2) is 0 Å². The van der Waals surface area contributed by atoms with Crippen molar-refractivity contribution in [2.75, 3.05) is 20.2 Å². The van der Waals surface area contributed by atoms with Crippen LogP contribution >= 0.6 is 0 Å². The number of hydrogen-bond acceptors (Lipinski definition) is 3. The first-order chi connectivity index (χ1) is 9.61. The molecular formula is C17H25NO2. The summed E-state index contributed by atoms with van der Waals surface area (Å²) >= 11 is 0. The summed E-state index contributed by atoms with van der Waals surface area (Å²) in [6, 6.07) is 4.01. The third-order valence-corrected chi connectivity index (χ3v) is 4.18. The van der Waals surface area contributed by atoms with Crippen LogP contribution in [0.4, 0.5) is 0 Å². The number of ketones is 1. The molecule has 3 heteroatoms. The Kier molecular flexibility index (Phi) is 5.18. The Hall–Kier alpha value is -1.35. The second-order valence-corrected chi connectivity index (χ2v) is 5.81. The van der Waals surface area contributed by atoms with Crippen molar-refractivity contribution in [2.45, 2.75) is 39.5 Å². The average molecular weight is 275 g/mol. The number of nitrogens with one attached hydrogen (secondary N) is 1. The van der Waals surface area contributed by atoms with Crippen LogP contribution in [0.15, 0.2) is 12.1 Å². The number of carbonyl (C=O) groups excluding carboxylic acids is 1. The minimum absolute atomic E-state index is 0.220. The lowest BCUT2D eigenvalue weighted by molar-refractivity contribution is 0.0967. The van der Waals surface area contributed by atoms with Crippen molar-refractivity contribution in [1.82, 2.24) is 5.32 Å². The number of hydrogen-bond donors (Lipinski definition) is 1. The fourth-order valence-corrected chi connectivity index (χ4v) is 3.08. The Bertz CT molecular complexity index is 476. The van der Waals surface area contributed by atoms with Gasteiger partial charge in [0, 0.05) is 6.42 Å². The summed E-state index contributed by atoms with van der Waals surface area (Å²) in [5, 5.41) is 3.36. The van der Waals surface area contributed by atoms with E-state index in [1.54, 1.807) is 7.11 Å². The number of ether oxygens (including phenoxy) is 1. The largest absolute Gasteiger partial charge is 0.496 e. The smallest absolute Gasteiger partial charge is 0.166 e. The molecule has 0 aliphatic carbocycles. The molecule has 1 fully saturated rings. The van der Waals surface area contributed by atoms with Crippen LogP contribution in [-0.4, -0.2) is 26.0 Å². The molecule has 1 aliphatic heterocycles. The predicted molar refractivity (Wildman–Crippen MR) is 81.6 cm³/mol. The topological polar surface area (TPSA) is 38.3 Å². The molecule has 110 valence electrons. The lowest BCUT2D eigenvalue weighted by Crippen LogP contribution is -2.28. The highest BCUT2D eigenvalue weighted by molar-refractivity contribution is 6.00. The van der Waals surface area contributed by atoms with Gasteiger partial charge in [-0.05, 0) is 69.3 Å². The van der Waals surface area contributed by atoms with Gasteiger partial charge in [0.1, 0.15) is 5.75 Å². The highest BCUT2D eigenvalue weighted by atomic mass is 16.5. The Labute approximate surface area is 121 Å². The summed E-state index contributed by atoms with van der Waals surface area (Å²) < 4.78 is 5.39. The van der Waals surface area contributed by atoms with Gasteiger partial charge in [-0.3, -0.25) is 4.79 Å². The summed E-state index contributed by atoms with van der Waals surface area (Å²) in [6.45, 7) is 6.20. The van der Waals surface area contributed by atoms with E-state index in [0.29, 0.717) is 12.3 Å². The van der Waals surface area contributed by atoms with E-state index >= 15 is 0 Å². The monoisotopic (exact) mass is 275 g/mol. The molecular weight excluding hydrogens is 250 g/mol. The first-order valence-corrected chi connectivity index (χ1v) is 7.51. The van der Waals surface area contributed by atoms with E-state index in [4.69, 9.17) is 4.74 Å². The predicted octanol–water partition coefficient (Wildman–Crippen LogP) is 3.27. The Morgan fingerprint density at radius 3 is 2.65 bits per heavy atom. The van der Waals surface area contributed by atoms with E-state index in [2.05, 4.69) is 11.4 Å². The van der Waals surface area contributed by atoms with Gasteiger partial charge >= 0.3 is 0 Å². The maximum atomic E-state index is 12.5. The lowest BCUT2D eigenvalue weighted by atomic mass is 9.90. The van der Waals surface area contributed by atoms with Crippen LogP contribution in [0.1, 0.15) is 47.2 Å². The molecule has 1 saturated heterocycles. The van der Waals surface area contributed by atoms with Crippen LogP contribution in [0.2, 0.25) is 0 Å². The second-order valence-electron chi connectivity index (χ2n) is 5.81. The summed E-state index contributed by atoms with van der Waals surface area (Å²) in [4.78, 5) is 12.5. The Morgan fingerprint density at radius 1 is 1.30 bits per heavy atom. The summed E-state index contributed by atoms with van der Waals surface area (Å²) in [5.74, 6) is 1.63. The molecule has 0 aromatic heterocycles. The van der Waals surface area contributed by atoms with Gasteiger partial charge in [0.15, 0.2) is 5.78 Å². The quantitative estimate of drug-likeness (QED) is 0.838. The average Bonchev–Trinajstić information content (AvgIpc) is 2.45. The number of aryl methyl sites for hydroxylation is 2. The molecule has 0 spiro atoms. The van der Waals surface area contributed by atoms with Crippen molar-refractivity contribution in [1.29, 1.82) is 0 Å². The molecule has 1 N–H and O–H groups in total. The normalized spacial score (nSPS) is 16.1. The summed E-state index contributed by atoms with van der Waals surface area (Å²) in [6.07, 6.45) is 4.01. The van der Waals surface area contributed by atoms with E-state index < -0.39 is 0 Å². The zero-order chi connectivity index (χ0) is 14.5. The van der Waals surface area contributed by atoms with E-state index in [0.717, 1.165) is 42.0 Å². The van der Waals surface area contributed by atoms with Crippen LogP contribution in [0, 0.1) is 19.8 Å². The van der Waals surface area contributed by atoms with Gasteiger partial charge < -0.3 is 10.1 Å². The first kappa shape index (κ1) is 15.0. The van der Waals surface area contributed by atoms with Gasteiger partial charge in [-0.15, -0.1) is 0 Å². The molecule has 1 aromatic rings. The van der Waals surface area contributed by atoms with Gasteiger partial charge in [0.05, 0.1) is 12.7 Å². The number of carbonyl (C=O) groups is 1. The maximum absolute atomic E-state index is 12.5. The van der Waals surface area contributed by atoms with Crippen molar-refractivity contribution >= 4 is 5.78 Å². The number of benzene rings is 1. The minimum Gasteiger partial charge on any atom is -0.496 e. The van der Waals surface area contributed by atoms with E-state index in [-0.39, 0.29) is 5.78 Å². The summed E-state index contributed by atoms with van der Waals surface area (Å²) in [7, 11) is 1.64. The fourth-order valence-electron chi connectivity index (χ4n) is 3.08. The highest BCUT2D eigenvalue weighted by Gasteiger charge is 2.19. The molecule has 1 aromatic carbocycles. The molecule has 0 bridgehead atoms. The minimum atomic E-state index is 0.220. The zero-order valence-electron chi connectivity index (χ0n) is 12.8. The molecule has 0 radical (unpaired) electrons. The molecule has 3 nitrogen and oxygen atoms in total. The number of methoxy groups -OCH3 is 1. The standard InChI is InChI=1S/C17H25NO2/c1-12-10-13(2)17(16(11-12)20-3)15(19)5-4-14-6-8-18-9-7-14/h10-11,14,18H,4-9H2,1-3H3. The summed E-state index contributed by atoms with van der Waals surface area (Å²) in [5.41, 5.74) is 2.93. The number of rotatable bonds is 5. The molecule has 2 rings (SSSR count). The molecule has 0 saturated carbocycles. The van der Waals surface area contributed by atoms with E-state index in [1.165, 1.54) is 12.8 Å². The van der Waals surface area contributed by atoms with Crippen LogP contribution in [0.3, 0.4) is 0 Å². The van der Waals surface area contributed by atoms with Gasteiger partial charge in [-0.1, -0.05) is 6.07 Å². The number of piperidine rings is 1. The van der Waals surface area contributed by atoms with Gasteiger partial charge in [-0.2, -0.15) is 0 Å². The maximum Gasteiger partial charge on any atom is 0.166 e. The third-order valence-electron chi connectivity index (χ3n) is 4.18. The van der Waals surface area contributed by atoms with Crippen molar-refractivity contribution in [3.63, 3.8) is 0 Å². The number of Topliss-reactive ketones (excluding diaryl/α,β-unsaturated/α-hetero) is 1. The zero-order valence-corrected chi connectivity index (χ0v) is 12.8. The SMILES string of the molecule is COc1cc(C)cc(C)c1C(=O)CCC1CCNCC1. The highest BCUT2D eigenvalue weighted by Crippen LogP contribution is 2.27. The Morgan fingerprint density at radius 2 is 2.00 bits per heavy atom. The second kappa shape index (κ2) is 6.89. The van der Waals surface area contributed by atoms with Crippen LogP contribution in [0.25, 0.3) is 0 Å². The van der Waals surface area contributed by atoms with Gasteiger partial charge in [0.25, 0.3) is 0 Å². The lowest BCUT2D eigenvalue weighted by Gasteiger charge is -2.22. The molecule has 0 atom stereocenters. The fraction of sp³-hybridized carbons (Fsp3) is 0.588. The molecule has 1 heterocycles. The molecule has 0 unspecified atom stereocenters. The van der Waals surface area contributed by atoms with E-state index in [1.807, 2.05) is 19.9 Å².